The summed E-state index contributed by atoms with van der Waals surface area (Å²) in [6.07, 6.45) is -2.59. The van der Waals surface area contributed by atoms with Crippen molar-refractivity contribution in [2.75, 3.05) is 26.4 Å². The van der Waals surface area contributed by atoms with Gasteiger partial charge in [-0.05, 0) is 22.8 Å². The molecule has 0 spiro atoms. The summed E-state index contributed by atoms with van der Waals surface area (Å²) >= 11 is 6.56. The van der Waals surface area contributed by atoms with Crippen molar-refractivity contribution in [2.45, 2.75) is 37.3 Å². The molecule has 2 aromatic heterocycles. The SMILES string of the molecule is O=C(Cc1ccc(-c2ccc(-c3nc4nc(O[C@H]5CO[C@H](CO)[C@@H](O)C5)[nH]c4cc3Cl)cc2)cc1)OCC(O)CO. The molecule has 1 unspecified atom stereocenters. The van der Waals surface area contributed by atoms with Gasteiger partial charge in [-0.3, -0.25) is 4.79 Å². The van der Waals surface area contributed by atoms with E-state index in [1.807, 2.05) is 48.5 Å². The van der Waals surface area contributed by atoms with E-state index in [4.69, 9.17) is 30.9 Å². The number of benzene rings is 2. The number of pyridine rings is 1. The van der Waals surface area contributed by atoms with E-state index in [0.29, 0.717) is 28.3 Å². The van der Waals surface area contributed by atoms with E-state index in [0.717, 1.165) is 22.3 Å². The molecule has 0 amide bonds. The predicted molar refractivity (Wildman–Crippen MR) is 149 cm³/mol. The van der Waals surface area contributed by atoms with Gasteiger partial charge in [0.2, 0.25) is 0 Å². The minimum atomic E-state index is -1.08. The van der Waals surface area contributed by atoms with Crippen LogP contribution in [0.3, 0.4) is 0 Å². The Hall–Kier alpha value is -3.58. The lowest BCUT2D eigenvalue weighted by molar-refractivity contribution is -0.146. The van der Waals surface area contributed by atoms with Crippen molar-refractivity contribution >= 4 is 28.7 Å². The number of imidazole rings is 1. The Morgan fingerprint density at radius 1 is 1.07 bits per heavy atom. The molecule has 1 saturated heterocycles. The number of aromatic nitrogens is 3. The molecule has 4 aromatic rings. The fraction of sp³-hybridized carbons (Fsp3) is 0.345. The Morgan fingerprint density at radius 2 is 1.76 bits per heavy atom. The molecule has 3 heterocycles. The monoisotopic (exact) mass is 583 g/mol. The molecule has 2 aromatic carbocycles. The van der Waals surface area contributed by atoms with Crippen LogP contribution in [0, 0.1) is 0 Å². The van der Waals surface area contributed by atoms with Gasteiger partial charge in [-0.1, -0.05) is 60.1 Å². The molecule has 1 fully saturated rings. The standard InChI is InChI=1S/C29H30ClN3O8/c30-22-11-23-28(33-29(31-23)41-21-10-24(37)25(13-35)39-15-21)32-27(22)19-7-5-18(6-8-19)17-3-1-16(2-4-17)9-26(38)40-14-20(36)12-34/h1-8,11,20-21,24-25,34-37H,9-10,12-15H2,(H,31,32,33)/t20?,21-,24+,25-/m1/s1. The number of carbonyl (C=O) groups is 1. The van der Waals surface area contributed by atoms with Crippen LogP contribution in [0.5, 0.6) is 6.01 Å². The van der Waals surface area contributed by atoms with Crippen molar-refractivity contribution in [3.63, 3.8) is 0 Å². The summed E-state index contributed by atoms with van der Waals surface area (Å²) in [6.45, 7) is -0.743. The van der Waals surface area contributed by atoms with E-state index in [-0.39, 0.29) is 32.3 Å². The molecule has 0 radical (unpaired) electrons. The lowest BCUT2D eigenvalue weighted by Gasteiger charge is -2.31. The first-order valence-corrected chi connectivity index (χ1v) is 13.5. The fourth-order valence-electron chi connectivity index (χ4n) is 4.49. The maximum atomic E-state index is 11.9. The molecule has 0 bridgehead atoms. The molecule has 0 saturated carbocycles. The van der Waals surface area contributed by atoms with Gasteiger partial charge in [-0.2, -0.15) is 4.98 Å². The second kappa shape index (κ2) is 12.9. The zero-order valence-corrected chi connectivity index (χ0v) is 22.7. The highest BCUT2D eigenvalue weighted by atomic mass is 35.5. The van der Waals surface area contributed by atoms with Gasteiger partial charge in [0.1, 0.15) is 24.9 Å². The van der Waals surface area contributed by atoms with Crippen LogP contribution in [-0.4, -0.2) is 92.2 Å². The summed E-state index contributed by atoms with van der Waals surface area (Å²) in [5.74, 6) is -0.482. The highest BCUT2D eigenvalue weighted by Crippen LogP contribution is 2.31. The molecule has 4 atom stereocenters. The van der Waals surface area contributed by atoms with Crippen molar-refractivity contribution in [3.05, 3.63) is 65.2 Å². The van der Waals surface area contributed by atoms with Crippen LogP contribution in [0.25, 0.3) is 33.5 Å². The number of halogens is 1. The number of aliphatic hydroxyl groups excluding tert-OH is 4. The molecular weight excluding hydrogens is 554 g/mol. The number of hydrogen-bond donors (Lipinski definition) is 5. The molecular formula is C29H30ClN3O8. The maximum Gasteiger partial charge on any atom is 0.310 e. The van der Waals surface area contributed by atoms with Crippen LogP contribution in [0.2, 0.25) is 5.02 Å². The summed E-state index contributed by atoms with van der Waals surface area (Å²) < 4.78 is 16.2. The van der Waals surface area contributed by atoms with Crippen LogP contribution in [-0.2, 0) is 20.7 Å². The third-order valence-electron chi connectivity index (χ3n) is 6.73. The number of nitrogens with zero attached hydrogens (tertiary/aromatic N) is 2. The topological polar surface area (TPSA) is 167 Å². The number of aromatic amines is 1. The molecule has 1 aliphatic heterocycles. The van der Waals surface area contributed by atoms with Gasteiger partial charge in [0, 0.05) is 12.0 Å². The van der Waals surface area contributed by atoms with Gasteiger partial charge >= 0.3 is 5.97 Å². The first-order chi connectivity index (χ1) is 19.8. The van der Waals surface area contributed by atoms with Crippen LogP contribution >= 0.6 is 11.6 Å². The average Bonchev–Trinajstić information content (AvgIpc) is 3.37. The smallest absolute Gasteiger partial charge is 0.310 e. The number of fused-ring (bicyclic) bond motifs is 1. The van der Waals surface area contributed by atoms with Crippen LogP contribution in [0.4, 0.5) is 0 Å². The van der Waals surface area contributed by atoms with Crippen LogP contribution in [0.1, 0.15) is 12.0 Å². The van der Waals surface area contributed by atoms with Crippen molar-refractivity contribution < 1.29 is 39.4 Å². The van der Waals surface area contributed by atoms with E-state index < -0.39 is 37.0 Å². The number of rotatable bonds is 10. The number of nitrogens with one attached hydrogen (secondary N) is 1. The largest absolute Gasteiger partial charge is 0.463 e. The first kappa shape index (κ1) is 28.9. The van der Waals surface area contributed by atoms with Gasteiger partial charge in [0.25, 0.3) is 6.01 Å². The lowest BCUT2D eigenvalue weighted by Crippen LogP contribution is -2.45. The Kier molecular flexibility index (Phi) is 9.13. The molecule has 12 heteroatoms. The molecule has 216 valence electrons. The van der Waals surface area contributed by atoms with Crippen molar-refractivity contribution in [2.24, 2.45) is 0 Å². The quantitative estimate of drug-likeness (QED) is 0.175. The van der Waals surface area contributed by atoms with Crippen molar-refractivity contribution in [1.82, 2.24) is 15.0 Å². The lowest BCUT2D eigenvalue weighted by atomic mass is 10.0. The Balaban J connectivity index is 1.24. The highest BCUT2D eigenvalue weighted by molar-refractivity contribution is 6.33. The van der Waals surface area contributed by atoms with Gasteiger partial charge in [0.05, 0.1) is 48.6 Å². The molecule has 1 aliphatic rings. The van der Waals surface area contributed by atoms with E-state index in [2.05, 4.69) is 15.0 Å². The normalized spacial score (nSPS) is 19.7. The minimum absolute atomic E-state index is 0.0600. The third-order valence-corrected chi connectivity index (χ3v) is 7.02. The van der Waals surface area contributed by atoms with E-state index in [1.54, 1.807) is 6.07 Å². The van der Waals surface area contributed by atoms with Crippen molar-refractivity contribution in [1.29, 1.82) is 0 Å². The molecule has 0 aliphatic carbocycles. The number of hydrogen-bond acceptors (Lipinski definition) is 10. The van der Waals surface area contributed by atoms with Crippen molar-refractivity contribution in [3.8, 4) is 28.4 Å². The van der Waals surface area contributed by atoms with Gasteiger partial charge in [-0.25, -0.2) is 4.98 Å². The number of ether oxygens (including phenoxy) is 3. The zero-order valence-electron chi connectivity index (χ0n) is 21.9. The number of aliphatic hydroxyl groups is 4. The Labute approximate surface area is 240 Å². The summed E-state index contributed by atoms with van der Waals surface area (Å²) in [5.41, 5.74) is 5.07. The third kappa shape index (κ3) is 7.02. The van der Waals surface area contributed by atoms with E-state index >= 15 is 0 Å². The second-order valence-corrected chi connectivity index (χ2v) is 10.2. The Morgan fingerprint density at radius 3 is 2.41 bits per heavy atom. The van der Waals surface area contributed by atoms with Gasteiger partial charge < -0.3 is 39.6 Å². The van der Waals surface area contributed by atoms with Crippen LogP contribution < -0.4 is 4.74 Å². The molecule has 11 nitrogen and oxygen atoms in total. The summed E-state index contributed by atoms with van der Waals surface area (Å²) in [5, 5.41) is 37.9. The number of carbonyl (C=O) groups excluding carboxylic acids is 1. The maximum absolute atomic E-state index is 11.9. The Bertz CT molecular complexity index is 1480. The van der Waals surface area contributed by atoms with Gasteiger partial charge in [-0.15, -0.1) is 0 Å². The summed E-state index contributed by atoms with van der Waals surface area (Å²) in [4.78, 5) is 24.0. The van der Waals surface area contributed by atoms with E-state index in [1.165, 1.54) is 0 Å². The number of H-pyrrole nitrogens is 1. The zero-order chi connectivity index (χ0) is 28.9. The van der Waals surface area contributed by atoms with Gasteiger partial charge in [0.15, 0.2) is 5.65 Å². The minimum Gasteiger partial charge on any atom is -0.463 e. The summed E-state index contributed by atoms with van der Waals surface area (Å²) in [7, 11) is 0. The molecule has 5 N–H and O–H groups in total. The fourth-order valence-corrected chi connectivity index (χ4v) is 4.76. The van der Waals surface area contributed by atoms with Crippen LogP contribution in [0.15, 0.2) is 54.6 Å². The number of esters is 1. The average molecular weight is 584 g/mol. The summed E-state index contributed by atoms with van der Waals surface area (Å²) in [6, 6.07) is 17.2. The molecule has 5 rings (SSSR count). The molecule has 41 heavy (non-hydrogen) atoms. The predicted octanol–water partition coefficient (Wildman–Crippen LogP) is 2.27. The van der Waals surface area contributed by atoms with E-state index in [9.17, 15) is 20.1 Å². The highest BCUT2D eigenvalue weighted by Gasteiger charge is 2.31. The second-order valence-electron chi connectivity index (χ2n) is 9.80. The first-order valence-electron chi connectivity index (χ1n) is 13.1.